The van der Waals surface area contributed by atoms with Crippen molar-refractivity contribution in [3.8, 4) is 0 Å². The second kappa shape index (κ2) is 5.04. The number of ketones is 1. The normalized spacial score (nSPS) is 10.4. The Balaban J connectivity index is 2.39. The van der Waals surface area contributed by atoms with Crippen LogP contribution in [-0.4, -0.2) is 5.78 Å². The highest BCUT2D eigenvalue weighted by molar-refractivity contribution is 14.1. The second-order valence-electron chi connectivity index (χ2n) is 3.07. The van der Waals surface area contributed by atoms with Gasteiger partial charge in [0.05, 0.1) is 9.90 Å². The molecule has 0 unspecified atom stereocenters. The number of carbonyl (C=O) groups excluding carboxylic acids is 1. The maximum atomic E-state index is 12.1. The van der Waals surface area contributed by atoms with Crippen LogP contribution in [0.2, 0.25) is 8.67 Å². The third-order valence-electron chi connectivity index (χ3n) is 2.01. The quantitative estimate of drug-likeness (QED) is 0.533. The summed E-state index contributed by atoms with van der Waals surface area (Å²) >= 11 is 15.1. The standard InChI is InChI=1S/C11H5Cl2IOS/c12-9-5-8(11(13)16-9)10(15)6-1-3-7(14)4-2-6/h1-5H. The molecule has 1 nitrogen and oxygen atoms in total. The van der Waals surface area contributed by atoms with Crippen molar-refractivity contribution in [1.29, 1.82) is 0 Å². The van der Waals surface area contributed by atoms with Crippen LogP contribution in [0.15, 0.2) is 30.3 Å². The number of thiophene rings is 1. The first-order chi connectivity index (χ1) is 7.58. The Morgan fingerprint density at radius 3 is 2.31 bits per heavy atom. The van der Waals surface area contributed by atoms with Gasteiger partial charge >= 0.3 is 0 Å². The summed E-state index contributed by atoms with van der Waals surface area (Å²) in [6.45, 7) is 0. The van der Waals surface area contributed by atoms with Crippen LogP contribution in [0.25, 0.3) is 0 Å². The van der Waals surface area contributed by atoms with Gasteiger partial charge in [0.25, 0.3) is 0 Å². The fourth-order valence-corrected chi connectivity index (χ4v) is 3.07. The molecular formula is C11H5Cl2IOS. The minimum atomic E-state index is -0.0930. The maximum Gasteiger partial charge on any atom is 0.195 e. The van der Waals surface area contributed by atoms with Gasteiger partial charge in [-0.05, 0) is 52.9 Å². The van der Waals surface area contributed by atoms with E-state index in [9.17, 15) is 4.79 Å². The monoisotopic (exact) mass is 382 g/mol. The average Bonchev–Trinajstić information content (AvgIpc) is 2.58. The summed E-state index contributed by atoms with van der Waals surface area (Å²) in [5.41, 5.74) is 1.09. The Hall–Kier alpha value is -0.100. The van der Waals surface area contributed by atoms with Crippen LogP contribution in [0, 0.1) is 3.57 Å². The number of halogens is 3. The fourth-order valence-electron chi connectivity index (χ4n) is 1.25. The van der Waals surface area contributed by atoms with E-state index in [-0.39, 0.29) is 5.78 Å². The van der Waals surface area contributed by atoms with Crippen molar-refractivity contribution in [3.63, 3.8) is 0 Å². The smallest absolute Gasteiger partial charge is 0.195 e. The van der Waals surface area contributed by atoms with Gasteiger partial charge in [0, 0.05) is 9.13 Å². The Labute approximate surface area is 121 Å². The molecule has 0 aliphatic carbocycles. The first-order valence-electron chi connectivity index (χ1n) is 4.33. The molecule has 2 aromatic rings. The van der Waals surface area contributed by atoms with Gasteiger partial charge in [-0.2, -0.15) is 0 Å². The first-order valence-corrected chi connectivity index (χ1v) is 6.98. The number of carbonyl (C=O) groups is 1. The molecule has 0 aliphatic heterocycles. The van der Waals surface area contributed by atoms with Gasteiger partial charge in [-0.3, -0.25) is 4.79 Å². The summed E-state index contributed by atoms with van der Waals surface area (Å²) in [5, 5.41) is 0. The zero-order valence-electron chi connectivity index (χ0n) is 7.84. The van der Waals surface area contributed by atoms with Crippen molar-refractivity contribution in [2.24, 2.45) is 0 Å². The van der Waals surface area contributed by atoms with Crippen LogP contribution >= 0.6 is 57.1 Å². The Bertz CT molecular complexity index is 533. The van der Waals surface area contributed by atoms with E-state index in [1.807, 2.05) is 12.1 Å². The minimum absolute atomic E-state index is 0.0930. The lowest BCUT2D eigenvalue weighted by Gasteiger charge is -1.99. The first kappa shape index (κ1) is 12.4. The van der Waals surface area contributed by atoms with E-state index >= 15 is 0 Å². The fraction of sp³-hybridized carbons (Fsp3) is 0. The van der Waals surface area contributed by atoms with Crippen LogP contribution < -0.4 is 0 Å². The second-order valence-corrected chi connectivity index (χ2v) is 6.61. The van der Waals surface area contributed by atoms with Crippen LogP contribution in [0.5, 0.6) is 0 Å². The van der Waals surface area contributed by atoms with Gasteiger partial charge in [-0.1, -0.05) is 23.2 Å². The SMILES string of the molecule is O=C(c1ccc(I)cc1)c1cc(Cl)sc1Cl. The van der Waals surface area contributed by atoms with E-state index in [2.05, 4.69) is 22.6 Å². The molecule has 0 saturated heterocycles. The summed E-state index contributed by atoms with van der Waals surface area (Å²) in [6, 6.07) is 8.94. The van der Waals surface area contributed by atoms with E-state index in [1.165, 1.54) is 11.3 Å². The van der Waals surface area contributed by atoms with Crippen molar-refractivity contribution >= 4 is 62.9 Å². The molecule has 82 valence electrons. The third-order valence-corrected chi connectivity index (χ3v) is 4.21. The zero-order valence-corrected chi connectivity index (χ0v) is 12.3. The predicted octanol–water partition coefficient (Wildman–Crippen LogP) is 4.89. The molecule has 0 spiro atoms. The lowest BCUT2D eigenvalue weighted by molar-refractivity contribution is 0.103. The highest BCUT2D eigenvalue weighted by Crippen LogP contribution is 2.32. The van der Waals surface area contributed by atoms with E-state index in [0.717, 1.165) is 3.57 Å². The van der Waals surface area contributed by atoms with Gasteiger partial charge in [0.15, 0.2) is 5.78 Å². The Morgan fingerprint density at radius 1 is 1.19 bits per heavy atom. The van der Waals surface area contributed by atoms with Crippen molar-refractivity contribution < 1.29 is 4.79 Å². The number of rotatable bonds is 2. The van der Waals surface area contributed by atoms with Gasteiger partial charge in [0.2, 0.25) is 0 Å². The molecule has 0 bridgehead atoms. The lowest BCUT2D eigenvalue weighted by Crippen LogP contribution is -1.99. The van der Waals surface area contributed by atoms with E-state index in [4.69, 9.17) is 23.2 Å². The molecule has 0 fully saturated rings. The van der Waals surface area contributed by atoms with Crippen LogP contribution in [0.3, 0.4) is 0 Å². The van der Waals surface area contributed by atoms with E-state index < -0.39 is 0 Å². The molecule has 5 heteroatoms. The van der Waals surface area contributed by atoms with E-state index in [0.29, 0.717) is 19.8 Å². The van der Waals surface area contributed by atoms with Gasteiger partial charge in [-0.25, -0.2) is 0 Å². The van der Waals surface area contributed by atoms with Crippen LogP contribution in [0.1, 0.15) is 15.9 Å². The van der Waals surface area contributed by atoms with Crippen molar-refractivity contribution in [2.45, 2.75) is 0 Å². The molecule has 0 saturated carbocycles. The van der Waals surface area contributed by atoms with E-state index in [1.54, 1.807) is 18.2 Å². The Kier molecular flexibility index (Phi) is 3.89. The molecule has 0 atom stereocenters. The van der Waals surface area contributed by atoms with Crippen molar-refractivity contribution in [3.05, 3.63) is 53.7 Å². The van der Waals surface area contributed by atoms with Gasteiger partial charge in [-0.15, -0.1) is 11.3 Å². The number of hydrogen-bond donors (Lipinski definition) is 0. The van der Waals surface area contributed by atoms with Crippen LogP contribution in [0.4, 0.5) is 0 Å². The molecule has 16 heavy (non-hydrogen) atoms. The zero-order chi connectivity index (χ0) is 11.7. The number of benzene rings is 1. The lowest BCUT2D eigenvalue weighted by atomic mass is 10.1. The summed E-state index contributed by atoms with van der Waals surface area (Å²) in [5.74, 6) is -0.0930. The predicted molar refractivity (Wildman–Crippen MR) is 76.9 cm³/mol. The third kappa shape index (κ3) is 2.59. The molecule has 1 heterocycles. The molecule has 0 N–H and O–H groups in total. The average molecular weight is 383 g/mol. The topological polar surface area (TPSA) is 17.1 Å². The maximum absolute atomic E-state index is 12.1. The molecule has 1 aromatic carbocycles. The highest BCUT2D eigenvalue weighted by Gasteiger charge is 2.15. The van der Waals surface area contributed by atoms with Gasteiger partial charge in [0.1, 0.15) is 4.34 Å². The summed E-state index contributed by atoms with van der Waals surface area (Å²) < 4.78 is 2.05. The number of hydrogen-bond acceptors (Lipinski definition) is 2. The Morgan fingerprint density at radius 2 is 1.81 bits per heavy atom. The minimum Gasteiger partial charge on any atom is -0.289 e. The molecule has 0 aliphatic rings. The van der Waals surface area contributed by atoms with Crippen molar-refractivity contribution in [2.75, 3.05) is 0 Å². The summed E-state index contributed by atoms with van der Waals surface area (Å²) in [7, 11) is 0. The largest absolute Gasteiger partial charge is 0.289 e. The molecule has 0 amide bonds. The molecule has 2 rings (SSSR count). The van der Waals surface area contributed by atoms with Crippen molar-refractivity contribution in [1.82, 2.24) is 0 Å². The molecule has 0 radical (unpaired) electrons. The van der Waals surface area contributed by atoms with Gasteiger partial charge < -0.3 is 0 Å². The van der Waals surface area contributed by atoms with Crippen LogP contribution in [-0.2, 0) is 0 Å². The summed E-state index contributed by atoms with van der Waals surface area (Å²) in [6.07, 6.45) is 0. The molecule has 1 aromatic heterocycles. The molecular weight excluding hydrogens is 378 g/mol. The summed E-state index contributed by atoms with van der Waals surface area (Å²) in [4.78, 5) is 12.1. The highest BCUT2D eigenvalue weighted by atomic mass is 127.